The summed E-state index contributed by atoms with van der Waals surface area (Å²) in [5.74, 6) is 2.81. The average Bonchev–Trinajstić information content (AvgIpc) is 2.98. The van der Waals surface area contributed by atoms with Gasteiger partial charge in [0.1, 0.15) is 6.10 Å². The molecule has 0 spiro atoms. The summed E-state index contributed by atoms with van der Waals surface area (Å²) in [4.78, 5) is 11.4. The number of oxime groups is 1. The van der Waals surface area contributed by atoms with Crippen molar-refractivity contribution in [3.8, 4) is 0 Å². The van der Waals surface area contributed by atoms with E-state index in [0.29, 0.717) is 17.3 Å². The second kappa shape index (κ2) is 6.63. The number of nitrogens with zero attached hydrogens (tertiary/aromatic N) is 1. The van der Waals surface area contributed by atoms with Gasteiger partial charge in [0.05, 0.1) is 5.71 Å². The molecule has 4 nitrogen and oxygen atoms in total. The highest BCUT2D eigenvalue weighted by Gasteiger charge is 2.59. The number of fused-ring (bicyclic) bond motifs is 5. The van der Waals surface area contributed by atoms with Gasteiger partial charge >= 0.3 is 5.97 Å². The molecule has 0 amide bonds. The van der Waals surface area contributed by atoms with E-state index in [4.69, 9.17) is 4.74 Å². The molecular formula is C23H35NO3. The SMILES string of the molecule is CC(=O)O[C@@H]1CC[C@@]2(C)[C@@H](CC[C@H]3[C@H]2CC[C@]2(C)C(/C(C)=N/O)=CC[C@@H]32)C1. The van der Waals surface area contributed by atoms with Gasteiger partial charge in [-0.1, -0.05) is 25.1 Å². The third kappa shape index (κ3) is 2.86. The fourth-order valence-electron chi connectivity index (χ4n) is 7.74. The van der Waals surface area contributed by atoms with Crippen LogP contribution in [0, 0.1) is 34.5 Å². The van der Waals surface area contributed by atoms with E-state index in [-0.39, 0.29) is 17.5 Å². The van der Waals surface area contributed by atoms with Crippen LogP contribution in [0.15, 0.2) is 16.8 Å². The second-order valence-electron chi connectivity index (χ2n) is 10.2. The first kappa shape index (κ1) is 19.0. The van der Waals surface area contributed by atoms with Crippen LogP contribution in [0.5, 0.6) is 0 Å². The minimum absolute atomic E-state index is 0.129. The molecule has 0 saturated heterocycles. The molecule has 27 heavy (non-hydrogen) atoms. The molecule has 4 aliphatic rings. The summed E-state index contributed by atoms with van der Waals surface area (Å²) in [6.45, 7) is 8.42. The number of esters is 1. The molecule has 3 fully saturated rings. The zero-order chi connectivity index (χ0) is 19.4. The normalized spacial score (nSPS) is 46.7. The van der Waals surface area contributed by atoms with Gasteiger partial charge in [0.15, 0.2) is 0 Å². The highest BCUT2D eigenvalue weighted by molar-refractivity contribution is 5.99. The van der Waals surface area contributed by atoms with Crippen LogP contribution in [0.4, 0.5) is 0 Å². The smallest absolute Gasteiger partial charge is 0.302 e. The summed E-state index contributed by atoms with van der Waals surface area (Å²) in [5.41, 5.74) is 2.67. The molecule has 1 N–H and O–H groups in total. The van der Waals surface area contributed by atoms with Crippen molar-refractivity contribution < 1.29 is 14.7 Å². The molecule has 4 aliphatic carbocycles. The number of ether oxygens (including phenoxy) is 1. The monoisotopic (exact) mass is 373 g/mol. The van der Waals surface area contributed by atoms with E-state index in [2.05, 4.69) is 25.1 Å². The number of hydrogen-bond donors (Lipinski definition) is 1. The number of carbonyl (C=O) groups is 1. The van der Waals surface area contributed by atoms with E-state index in [1.54, 1.807) is 0 Å². The number of hydrogen-bond acceptors (Lipinski definition) is 4. The molecule has 150 valence electrons. The van der Waals surface area contributed by atoms with E-state index in [9.17, 15) is 10.0 Å². The van der Waals surface area contributed by atoms with Crippen LogP contribution in [-0.2, 0) is 9.53 Å². The molecule has 0 unspecified atom stereocenters. The Labute approximate surface area is 163 Å². The van der Waals surface area contributed by atoms with Gasteiger partial charge in [-0.3, -0.25) is 4.79 Å². The lowest BCUT2D eigenvalue weighted by molar-refractivity contribution is -0.158. The molecule has 0 aromatic carbocycles. The Bertz CT molecular complexity index is 683. The third-order valence-corrected chi connectivity index (χ3v) is 9.07. The van der Waals surface area contributed by atoms with Crippen molar-refractivity contribution in [1.29, 1.82) is 0 Å². The van der Waals surface area contributed by atoms with E-state index < -0.39 is 0 Å². The standard InChI is InChI=1S/C23H35NO3/c1-14(24-26)19-7-8-20-18-6-5-16-13-17(27-15(2)25)9-11-22(16,3)21(18)10-12-23(19,20)4/h7,16-18,20-21,26H,5-6,8-13H2,1-4H3/b24-14+/t16-,17+,18+,20-,21+,22-,23+/m0/s1. The van der Waals surface area contributed by atoms with Crippen LogP contribution in [-0.4, -0.2) is 23.0 Å². The van der Waals surface area contributed by atoms with Crippen molar-refractivity contribution >= 4 is 11.7 Å². The van der Waals surface area contributed by atoms with Crippen molar-refractivity contribution in [2.45, 2.75) is 85.2 Å². The summed E-state index contributed by atoms with van der Waals surface area (Å²) >= 11 is 0. The summed E-state index contributed by atoms with van der Waals surface area (Å²) < 4.78 is 5.58. The van der Waals surface area contributed by atoms with Gasteiger partial charge in [-0.25, -0.2) is 0 Å². The summed E-state index contributed by atoms with van der Waals surface area (Å²) in [5, 5.41) is 12.9. The molecule has 3 saturated carbocycles. The lowest BCUT2D eigenvalue weighted by Gasteiger charge is -2.60. The molecule has 0 aromatic rings. The topological polar surface area (TPSA) is 58.9 Å². The molecule has 7 atom stereocenters. The van der Waals surface area contributed by atoms with Crippen molar-refractivity contribution in [1.82, 2.24) is 0 Å². The van der Waals surface area contributed by atoms with Crippen LogP contribution in [0.25, 0.3) is 0 Å². The molecule has 0 radical (unpaired) electrons. The fourth-order valence-corrected chi connectivity index (χ4v) is 7.74. The van der Waals surface area contributed by atoms with Crippen LogP contribution in [0.2, 0.25) is 0 Å². The van der Waals surface area contributed by atoms with Crippen molar-refractivity contribution in [3.05, 3.63) is 11.6 Å². The fraction of sp³-hybridized carbons (Fsp3) is 0.826. The Kier molecular flexibility index (Phi) is 4.67. The van der Waals surface area contributed by atoms with Gasteiger partial charge < -0.3 is 9.94 Å². The van der Waals surface area contributed by atoms with Crippen LogP contribution in [0.1, 0.15) is 79.1 Å². The van der Waals surface area contributed by atoms with Crippen molar-refractivity contribution in [3.63, 3.8) is 0 Å². The Morgan fingerprint density at radius 1 is 1.15 bits per heavy atom. The molecule has 0 bridgehead atoms. The van der Waals surface area contributed by atoms with E-state index in [0.717, 1.165) is 36.8 Å². The Balaban J connectivity index is 1.54. The van der Waals surface area contributed by atoms with Crippen LogP contribution in [0.3, 0.4) is 0 Å². The number of rotatable bonds is 2. The quantitative estimate of drug-likeness (QED) is 0.307. The maximum absolute atomic E-state index is 11.4. The van der Waals surface area contributed by atoms with E-state index >= 15 is 0 Å². The maximum Gasteiger partial charge on any atom is 0.302 e. The molecule has 0 aromatic heterocycles. The minimum Gasteiger partial charge on any atom is -0.463 e. The van der Waals surface area contributed by atoms with E-state index in [1.165, 1.54) is 44.6 Å². The van der Waals surface area contributed by atoms with Crippen LogP contribution >= 0.6 is 0 Å². The van der Waals surface area contributed by atoms with Gasteiger partial charge in [0, 0.05) is 6.92 Å². The highest BCUT2D eigenvalue weighted by atomic mass is 16.5. The molecular weight excluding hydrogens is 338 g/mol. The first-order chi connectivity index (χ1) is 12.8. The van der Waals surface area contributed by atoms with Crippen molar-refractivity contribution in [2.24, 2.45) is 39.7 Å². The average molecular weight is 374 g/mol. The third-order valence-electron chi connectivity index (χ3n) is 9.07. The summed E-state index contributed by atoms with van der Waals surface area (Å²) in [7, 11) is 0. The molecule has 0 heterocycles. The number of allylic oxidation sites excluding steroid dienone is 2. The van der Waals surface area contributed by atoms with Crippen molar-refractivity contribution in [2.75, 3.05) is 0 Å². The lowest BCUT2D eigenvalue weighted by Crippen LogP contribution is -2.54. The highest BCUT2D eigenvalue weighted by Crippen LogP contribution is 2.66. The van der Waals surface area contributed by atoms with Gasteiger partial charge in [-0.2, -0.15) is 0 Å². The molecule has 0 aliphatic heterocycles. The summed E-state index contributed by atoms with van der Waals surface area (Å²) in [6, 6.07) is 0. The summed E-state index contributed by atoms with van der Waals surface area (Å²) in [6.07, 6.45) is 11.9. The van der Waals surface area contributed by atoms with Crippen LogP contribution < -0.4 is 0 Å². The Hall–Kier alpha value is -1.32. The molecule has 4 rings (SSSR count). The Morgan fingerprint density at radius 2 is 1.93 bits per heavy atom. The molecule has 4 heteroatoms. The first-order valence-corrected chi connectivity index (χ1v) is 10.9. The Morgan fingerprint density at radius 3 is 2.63 bits per heavy atom. The van der Waals surface area contributed by atoms with Gasteiger partial charge in [0.25, 0.3) is 0 Å². The maximum atomic E-state index is 11.4. The van der Waals surface area contributed by atoms with Gasteiger partial charge in [0.2, 0.25) is 0 Å². The largest absolute Gasteiger partial charge is 0.463 e. The number of carbonyl (C=O) groups excluding carboxylic acids is 1. The minimum atomic E-state index is -0.129. The zero-order valence-electron chi connectivity index (χ0n) is 17.3. The first-order valence-electron chi connectivity index (χ1n) is 10.9. The lowest BCUT2D eigenvalue weighted by atomic mass is 9.44. The predicted octanol–water partition coefficient (Wildman–Crippen LogP) is 5.35. The second-order valence-corrected chi connectivity index (χ2v) is 10.2. The van der Waals surface area contributed by atoms with Gasteiger partial charge in [-0.15, -0.1) is 0 Å². The zero-order valence-corrected chi connectivity index (χ0v) is 17.3. The predicted molar refractivity (Wildman–Crippen MR) is 106 cm³/mol. The van der Waals surface area contributed by atoms with Gasteiger partial charge in [-0.05, 0) is 98.4 Å². The van der Waals surface area contributed by atoms with E-state index in [1.807, 2.05) is 6.92 Å².